The van der Waals surface area contributed by atoms with E-state index in [4.69, 9.17) is 0 Å². The Morgan fingerprint density at radius 2 is 2.21 bits per heavy atom. The van der Waals surface area contributed by atoms with Gasteiger partial charge in [0, 0.05) is 25.9 Å². The maximum atomic E-state index is 12.3. The van der Waals surface area contributed by atoms with E-state index in [2.05, 4.69) is 12.2 Å². The fourth-order valence-corrected chi connectivity index (χ4v) is 4.65. The lowest BCUT2D eigenvalue weighted by Crippen LogP contribution is -2.28. The molecule has 110 valence electrons. The Labute approximate surface area is 124 Å². The van der Waals surface area contributed by atoms with Crippen LogP contribution in [0.25, 0.3) is 0 Å². The van der Waals surface area contributed by atoms with Gasteiger partial charge in [-0.15, -0.1) is 11.3 Å². The van der Waals surface area contributed by atoms with Crippen molar-refractivity contribution in [2.75, 3.05) is 32.1 Å². The molecule has 4 nitrogen and oxygen atoms in total. The Hall–Kier alpha value is -0.0800. The van der Waals surface area contributed by atoms with E-state index in [-0.39, 0.29) is 0 Å². The summed E-state index contributed by atoms with van der Waals surface area (Å²) < 4.78 is 26.4. The molecular formula is C12H22N2O2S3. The van der Waals surface area contributed by atoms with Crippen molar-refractivity contribution in [2.24, 2.45) is 0 Å². The van der Waals surface area contributed by atoms with E-state index in [0.29, 0.717) is 10.8 Å². The SMILES string of the molecule is CCCNCc1csc(S(=O)(=O)N(C)CCSC)c1. The summed E-state index contributed by atoms with van der Waals surface area (Å²) in [6.45, 7) is 4.34. The molecule has 19 heavy (non-hydrogen) atoms. The van der Waals surface area contributed by atoms with Gasteiger partial charge < -0.3 is 5.32 Å². The van der Waals surface area contributed by atoms with Gasteiger partial charge >= 0.3 is 0 Å². The van der Waals surface area contributed by atoms with Crippen molar-refractivity contribution in [2.45, 2.75) is 24.1 Å². The van der Waals surface area contributed by atoms with Crippen LogP contribution in [0.2, 0.25) is 0 Å². The lowest BCUT2D eigenvalue weighted by molar-refractivity contribution is 0.490. The molecule has 0 unspecified atom stereocenters. The summed E-state index contributed by atoms with van der Waals surface area (Å²) in [4.78, 5) is 0. The van der Waals surface area contributed by atoms with Crippen LogP contribution in [-0.2, 0) is 16.6 Å². The molecule has 0 amide bonds. The van der Waals surface area contributed by atoms with Crippen molar-refractivity contribution in [3.63, 3.8) is 0 Å². The number of thiophene rings is 1. The highest BCUT2D eigenvalue weighted by atomic mass is 32.2. The van der Waals surface area contributed by atoms with Crippen molar-refractivity contribution in [3.8, 4) is 0 Å². The second-order valence-electron chi connectivity index (χ2n) is 4.27. The highest BCUT2D eigenvalue weighted by Crippen LogP contribution is 2.23. The third-order valence-corrected chi connectivity index (χ3v) is 6.57. The number of nitrogens with one attached hydrogen (secondary N) is 1. The first kappa shape index (κ1) is 17.0. The van der Waals surface area contributed by atoms with Crippen LogP contribution in [0.15, 0.2) is 15.7 Å². The number of nitrogens with zero attached hydrogens (tertiary/aromatic N) is 1. The first-order chi connectivity index (χ1) is 9.02. The molecule has 0 atom stereocenters. The number of sulfonamides is 1. The molecule has 0 aromatic carbocycles. The third-order valence-electron chi connectivity index (χ3n) is 2.66. The molecule has 7 heteroatoms. The molecule has 0 aliphatic carbocycles. The Bertz CT molecular complexity index is 471. The van der Waals surface area contributed by atoms with Crippen LogP contribution in [-0.4, -0.2) is 44.9 Å². The normalized spacial score (nSPS) is 12.2. The predicted molar refractivity (Wildman–Crippen MR) is 84.5 cm³/mol. The van der Waals surface area contributed by atoms with Gasteiger partial charge in [-0.2, -0.15) is 16.1 Å². The van der Waals surface area contributed by atoms with E-state index in [0.717, 1.165) is 30.8 Å². The molecule has 0 aliphatic rings. The zero-order chi connectivity index (χ0) is 14.3. The zero-order valence-corrected chi connectivity index (χ0v) is 14.1. The second kappa shape index (κ2) is 8.26. The molecule has 1 heterocycles. The summed E-state index contributed by atoms with van der Waals surface area (Å²) >= 11 is 2.95. The average Bonchev–Trinajstić information content (AvgIpc) is 2.85. The van der Waals surface area contributed by atoms with E-state index in [1.807, 2.05) is 11.6 Å². The number of hydrogen-bond donors (Lipinski definition) is 1. The first-order valence-electron chi connectivity index (χ1n) is 6.25. The average molecular weight is 323 g/mol. The van der Waals surface area contributed by atoms with Gasteiger partial charge in [0.15, 0.2) is 0 Å². The maximum Gasteiger partial charge on any atom is 0.252 e. The maximum absolute atomic E-state index is 12.3. The van der Waals surface area contributed by atoms with Crippen LogP contribution in [0.1, 0.15) is 18.9 Å². The predicted octanol–water partition coefficient (Wildman–Crippen LogP) is 2.23. The molecule has 0 bridgehead atoms. The van der Waals surface area contributed by atoms with E-state index in [9.17, 15) is 8.42 Å². The molecule has 1 aromatic heterocycles. The van der Waals surface area contributed by atoms with Gasteiger partial charge in [-0.05, 0) is 36.2 Å². The molecule has 0 saturated heterocycles. The zero-order valence-electron chi connectivity index (χ0n) is 11.7. The van der Waals surface area contributed by atoms with E-state index >= 15 is 0 Å². The summed E-state index contributed by atoms with van der Waals surface area (Å²) in [5, 5.41) is 5.19. The lowest BCUT2D eigenvalue weighted by atomic mass is 10.3. The Morgan fingerprint density at radius 1 is 1.47 bits per heavy atom. The van der Waals surface area contributed by atoms with Crippen molar-refractivity contribution in [1.82, 2.24) is 9.62 Å². The number of hydrogen-bond acceptors (Lipinski definition) is 5. The van der Waals surface area contributed by atoms with Gasteiger partial charge in [0.05, 0.1) is 0 Å². The first-order valence-corrected chi connectivity index (χ1v) is 9.97. The number of thioether (sulfide) groups is 1. The summed E-state index contributed by atoms with van der Waals surface area (Å²) in [5.74, 6) is 0.812. The fourth-order valence-electron chi connectivity index (χ4n) is 1.48. The minimum absolute atomic E-state index is 0.435. The molecule has 0 fully saturated rings. The van der Waals surface area contributed by atoms with Gasteiger partial charge in [0.1, 0.15) is 4.21 Å². The van der Waals surface area contributed by atoms with Crippen molar-refractivity contribution >= 4 is 33.1 Å². The number of rotatable bonds is 9. The van der Waals surface area contributed by atoms with Gasteiger partial charge in [0.25, 0.3) is 10.0 Å². The topological polar surface area (TPSA) is 49.4 Å². The van der Waals surface area contributed by atoms with Crippen LogP contribution in [0.3, 0.4) is 0 Å². The molecule has 0 radical (unpaired) electrons. The van der Waals surface area contributed by atoms with Gasteiger partial charge in [-0.25, -0.2) is 8.42 Å². The van der Waals surface area contributed by atoms with E-state index < -0.39 is 10.0 Å². The van der Waals surface area contributed by atoms with Crippen LogP contribution < -0.4 is 5.32 Å². The van der Waals surface area contributed by atoms with Crippen molar-refractivity contribution in [1.29, 1.82) is 0 Å². The Balaban J connectivity index is 2.68. The summed E-state index contributed by atoms with van der Waals surface area (Å²) in [6.07, 6.45) is 3.05. The monoisotopic (exact) mass is 322 g/mol. The molecule has 1 N–H and O–H groups in total. The highest BCUT2D eigenvalue weighted by molar-refractivity contribution is 7.98. The van der Waals surface area contributed by atoms with Crippen LogP contribution >= 0.6 is 23.1 Å². The largest absolute Gasteiger partial charge is 0.313 e. The molecule has 0 saturated carbocycles. The molecule has 0 aliphatic heterocycles. The van der Waals surface area contributed by atoms with Gasteiger partial charge in [0.2, 0.25) is 0 Å². The second-order valence-corrected chi connectivity index (χ2v) is 8.44. The molecular weight excluding hydrogens is 300 g/mol. The summed E-state index contributed by atoms with van der Waals surface area (Å²) in [5.41, 5.74) is 1.04. The minimum Gasteiger partial charge on any atom is -0.313 e. The quantitative estimate of drug-likeness (QED) is 0.708. The van der Waals surface area contributed by atoms with Crippen molar-refractivity contribution < 1.29 is 8.42 Å². The van der Waals surface area contributed by atoms with Gasteiger partial charge in [-0.3, -0.25) is 0 Å². The van der Waals surface area contributed by atoms with Crippen LogP contribution in [0.4, 0.5) is 0 Å². The fraction of sp³-hybridized carbons (Fsp3) is 0.667. The summed E-state index contributed by atoms with van der Waals surface area (Å²) in [6, 6.07) is 1.78. The smallest absolute Gasteiger partial charge is 0.252 e. The van der Waals surface area contributed by atoms with Crippen LogP contribution in [0.5, 0.6) is 0 Å². The molecule has 1 rings (SSSR count). The summed E-state index contributed by atoms with van der Waals surface area (Å²) in [7, 11) is -1.67. The van der Waals surface area contributed by atoms with Crippen LogP contribution in [0, 0.1) is 0 Å². The Morgan fingerprint density at radius 3 is 2.84 bits per heavy atom. The molecule has 1 aromatic rings. The minimum atomic E-state index is -3.31. The Kier molecular flexibility index (Phi) is 7.38. The third kappa shape index (κ3) is 5.07. The van der Waals surface area contributed by atoms with E-state index in [1.165, 1.54) is 15.6 Å². The highest BCUT2D eigenvalue weighted by Gasteiger charge is 2.22. The van der Waals surface area contributed by atoms with Crippen molar-refractivity contribution in [3.05, 3.63) is 17.0 Å². The van der Waals surface area contributed by atoms with Gasteiger partial charge in [-0.1, -0.05) is 6.92 Å². The standard InChI is InChI=1S/C12H22N2O2S3/c1-4-5-13-9-11-8-12(18-10-11)19(15,16)14(2)6-7-17-3/h8,10,13H,4-7,9H2,1-3H3. The van der Waals surface area contributed by atoms with E-state index in [1.54, 1.807) is 24.9 Å². The molecule has 0 spiro atoms. The lowest BCUT2D eigenvalue weighted by Gasteiger charge is -2.14.